The first kappa shape index (κ1) is 15.2. The van der Waals surface area contributed by atoms with E-state index in [1.54, 1.807) is 31.2 Å². The van der Waals surface area contributed by atoms with Gasteiger partial charge in [0.05, 0.1) is 28.7 Å². The van der Waals surface area contributed by atoms with Gasteiger partial charge in [-0.05, 0) is 48.9 Å². The summed E-state index contributed by atoms with van der Waals surface area (Å²) in [5, 5.41) is 0. The molecular formula is C15H15N3O4S. The Morgan fingerprint density at radius 3 is 2.26 bits per heavy atom. The summed E-state index contributed by atoms with van der Waals surface area (Å²) in [7, 11) is -2.22. The van der Waals surface area contributed by atoms with Crippen LogP contribution in [0.5, 0.6) is 5.75 Å². The van der Waals surface area contributed by atoms with E-state index in [4.69, 9.17) is 4.74 Å². The third-order valence-electron chi connectivity index (χ3n) is 3.47. The van der Waals surface area contributed by atoms with Crippen molar-refractivity contribution in [2.75, 3.05) is 11.8 Å². The Hall–Kier alpha value is -2.74. The summed E-state index contributed by atoms with van der Waals surface area (Å²) >= 11 is 0. The average Bonchev–Trinajstić information content (AvgIpc) is 2.86. The molecule has 0 radical (unpaired) electrons. The zero-order valence-corrected chi connectivity index (χ0v) is 13.3. The van der Waals surface area contributed by atoms with E-state index in [9.17, 15) is 13.2 Å². The third-order valence-corrected chi connectivity index (χ3v) is 4.86. The summed E-state index contributed by atoms with van der Waals surface area (Å²) in [6, 6.07) is 9.38. The summed E-state index contributed by atoms with van der Waals surface area (Å²) in [5.74, 6) is 0.575. The topological polar surface area (TPSA) is 104 Å². The van der Waals surface area contributed by atoms with E-state index in [0.29, 0.717) is 28.0 Å². The van der Waals surface area contributed by atoms with Crippen molar-refractivity contribution in [2.24, 2.45) is 0 Å². The first-order chi connectivity index (χ1) is 10.9. The fourth-order valence-corrected chi connectivity index (χ4v) is 3.38. The lowest BCUT2D eigenvalue weighted by molar-refractivity contribution is 0.414. The number of anilines is 1. The van der Waals surface area contributed by atoms with Crippen LogP contribution >= 0.6 is 0 Å². The Labute approximate surface area is 132 Å². The third kappa shape index (κ3) is 2.93. The molecule has 3 N–H and O–H groups in total. The average molecular weight is 333 g/mol. The molecule has 120 valence electrons. The van der Waals surface area contributed by atoms with Crippen LogP contribution in [0.1, 0.15) is 5.56 Å². The molecule has 3 aromatic rings. The first-order valence-corrected chi connectivity index (χ1v) is 8.27. The number of H-pyrrole nitrogens is 2. The highest BCUT2D eigenvalue weighted by molar-refractivity contribution is 7.92. The van der Waals surface area contributed by atoms with Crippen LogP contribution < -0.4 is 15.1 Å². The Morgan fingerprint density at radius 1 is 1.04 bits per heavy atom. The number of fused-ring (bicyclic) bond motifs is 1. The zero-order chi connectivity index (χ0) is 16.6. The molecule has 0 spiro atoms. The normalized spacial score (nSPS) is 11.6. The van der Waals surface area contributed by atoms with Gasteiger partial charge in [0.2, 0.25) is 0 Å². The molecule has 0 saturated carbocycles. The van der Waals surface area contributed by atoms with Crippen LogP contribution in [-0.4, -0.2) is 25.5 Å². The van der Waals surface area contributed by atoms with Gasteiger partial charge in [-0.15, -0.1) is 0 Å². The molecule has 0 fully saturated rings. The lowest BCUT2D eigenvalue weighted by Gasteiger charge is -2.11. The standard InChI is InChI=1S/C15H15N3O4S/c1-9-7-13-14(17-15(19)16-13)8-12(9)18-23(20,21)11-5-3-10(22-2)4-6-11/h3-8,18H,1-2H3,(H2,16,17,19). The Bertz CT molecular complexity index is 1020. The zero-order valence-electron chi connectivity index (χ0n) is 12.5. The molecule has 0 aliphatic carbocycles. The van der Waals surface area contributed by atoms with Gasteiger partial charge in [-0.2, -0.15) is 0 Å². The maximum Gasteiger partial charge on any atom is 0.323 e. The molecule has 0 atom stereocenters. The number of aryl methyl sites for hydroxylation is 1. The molecule has 8 heteroatoms. The van der Waals surface area contributed by atoms with E-state index in [0.717, 1.165) is 0 Å². The van der Waals surface area contributed by atoms with Crippen LogP contribution in [0, 0.1) is 6.92 Å². The van der Waals surface area contributed by atoms with Crippen molar-refractivity contribution in [3.63, 3.8) is 0 Å². The van der Waals surface area contributed by atoms with Gasteiger partial charge in [-0.25, -0.2) is 13.2 Å². The molecule has 3 rings (SSSR count). The summed E-state index contributed by atoms with van der Waals surface area (Å²) in [6.45, 7) is 1.76. The smallest absolute Gasteiger partial charge is 0.323 e. The Morgan fingerprint density at radius 2 is 1.65 bits per heavy atom. The van der Waals surface area contributed by atoms with Crippen molar-refractivity contribution < 1.29 is 13.2 Å². The van der Waals surface area contributed by atoms with E-state index < -0.39 is 10.0 Å². The van der Waals surface area contributed by atoms with Gasteiger partial charge in [0.1, 0.15) is 5.75 Å². The fraction of sp³-hybridized carbons (Fsp3) is 0.133. The number of methoxy groups -OCH3 is 1. The monoisotopic (exact) mass is 333 g/mol. The molecule has 0 unspecified atom stereocenters. The Balaban J connectivity index is 1.98. The van der Waals surface area contributed by atoms with Crippen LogP contribution in [0.15, 0.2) is 46.1 Å². The van der Waals surface area contributed by atoms with Crippen LogP contribution in [-0.2, 0) is 10.0 Å². The van der Waals surface area contributed by atoms with Crippen LogP contribution in [0.2, 0.25) is 0 Å². The number of nitrogens with one attached hydrogen (secondary N) is 3. The number of ether oxygens (including phenoxy) is 1. The number of imidazole rings is 1. The van der Waals surface area contributed by atoms with Crippen molar-refractivity contribution in [1.82, 2.24) is 9.97 Å². The summed E-state index contributed by atoms with van der Waals surface area (Å²) in [4.78, 5) is 16.7. The van der Waals surface area contributed by atoms with Gasteiger partial charge >= 0.3 is 5.69 Å². The molecule has 0 bridgehead atoms. The number of benzene rings is 2. The van der Waals surface area contributed by atoms with Crippen LogP contribution in [0.25, 0.3) is 11.0 Å². The number of sulfonamides is 1. The minimum atomic E-state index is -3.73. The minimum Gasteiger partial charge on any atom is -0.497 e. The second-order valence-corrected chi connectivity index (χ2v) is 6.76. The maximum atomic E-state index is 12.5. The minimum absolute atomic E-state index is 0.125. The van der Waals surface area contributed by atoms with Crippen LogP contribution in [0.3, 0.4) is 0 Å². The molecule has 0 aliphatic heterocycles. The van der Waals surface area contributed by atoms with Gasteiger partial charge in [-0.3, -0.25) is 4.72 Å². The fourth-order valence-electron chi connectivity index (χ4n) is 2.26. The SMILES string of the molecule is COc1ccc(S(=O)(=O)Nc2cc3[nH]c(=O)[nH]c3cc2C)cc1. The van der Waals surface area contributed by atoms with Gasteiger partial charge < -0.3 is 14.7 Å². The van der Waals surface area contributed by atoms with Crippen molar-refractivity contribution in [2.45, 2.75) is 11.8 Å². The van der Waals surface area contributed by atoms with Gasteiger partial charge in [-0.1, -0.05) is 0 Å². The van der Waals surface area contributed by atoms with Crippen molar-refractivity contribution in [1.29, 1.82) is 0 Å². The molecule has 1 heterocycles. The van der Waals surface area contributed by atoms with E-state index >= 15 is 0 Å². The van der Waals surface area contributed by atoms with Gasteiger partial charge in [0, 0.05) is 0 Å². The predicted octanol–water partition coefficient (Wildman–Crippen LogP) is 1.97. The lowest BCUT2D eigenvalue weighted by Crippen LogP contribution is -2.13. The Kier molecular flexibility index (Phi) is 3.61. The highest BCUT2D eigenvalue weighted by atomic mass is 32.2. The number of aromatic amines is 2. The quantitative estimate of drug-likeness (QED) is 0.679. The van der Waals surface area contributed by atoms with Gasteiger partial charge in [0.15, 0.2) is 0 Å². The number of aromatic nitrogens is 2. The lowest BCUT2D eigenvalue weighted by atomic mass is 10.2. The van der Waals surface area contributed by atoms with Crippen molar-refractivity contribution >= 4 is 26.7 Å². The van der Waals surface area contributed by atoms with Crippen molar-refractivity contribution in [3.05, 3.63) is 52.4 Å². The number of hydrogen-bond acceptors (Lipinski definition) is 4. The molecule has 7 nitrogen and oxygen atoms in total. The molecule has 0 aliphatic rings. The summed E-state index contributed by atoms with van der Waals surface area (Å²) in [6.07, 6.45) is 0. The molecule has 2 aromatic carbocycles. The molecule has 0 saturated heterocycles. The molecule has 23 heavy (non-hydrogen) atoms. The molecule has 1 aromatic heterocycles. The highest BCUT2D eigenvalue weighted by Crippen LogP contribution is 2.24. The second-order valence-electron chi connectivity index (χ2n) is 5.07. The summed E-state index contributed by atoms with van der Waals surface area (Å²) < 4.78 is 32.5. The van der Waals surface area contributed by atoms with Crippen LogP contribution in [0.4, 0.5) is 5.69 Å². The van der Waals surface area contributed by atoms with Gasteiger partial charge in [0.25, 0.3) is 10.0 Å². The van der Waals surface area contributed by atoms with Crippen molar-refractivity contribution in [3.8, 4) is 5.75 Å². The predicted molar refractivity (Wildman–Crippen MR) is 87.5 cm³/mol. The van der Waals surface area contributed by atoms with E-state index in [1.165, 1.54) is 19.2 Å². The maximum absolute atomic E-state index is 12.5. The molecule has 0 amide bonds. The largest absolute Gasteiger partial charge is 0.497 e. The second kappa shape index (κ2) is 5.47. The summed E-state index contributed by atoms with van der Waals surface area (Å²) in [5.41, 5.74) is 1.93. The molecular weight excluding hydrogens is 318 g/mol. The first-order valence-electron chi connectivity index (χ1n) is 6.78. The number of rotatable bonds is 4. The van der Waals surface area contributed by atoms with E-state index in [2.05, 4.69) is 14.7 Å². The number of hydrogen-bond donors (Lipinski definition) is 3. The van der Waals surface area contributed by atoms with E-state index in [-0.39, 0.29) is 10.6 Å². The van der Waals surface area contributed by atoms with E-state index in [1.807, 2.05) is 0 Å². The highest BCUT2D eigenvalue weighted by Gasteiger charge is 2.16.